The first-order valence-electron chi connectivity index (χ1n) is 6.43. The Balaban J connectivity index is 2.01. The van der Waals surface area contributed by atoms with Gasteiger partial charge in [0.2, 0.25) is 5.91 Å². The second-order valence-electron chi connectivity index (χ2n) is 4.73. The van der Waals surface area contributed by atoms with Crippen LogP contribution >= 0.6 is 0 Å². The molecule has 7 nitrogen and oxygen atoms in total. The summed E-state index contributed by atoms with van der Waals surface area (Å²) in [6.07, 6.45) is -0.00820. The molecule has 0 bridgehead atoms. The maximum absolute atomic E-state index is 11.9. The van der Waals surface area contributed by atoms with E-state index in [-0.39, 0.29) is 29.8 Å². The van der Waals surface area contributed by atoms with Crippen LogP contribution in [0, 0.1) is 17.0 Å². The lowest BCUT2D eigenvalue weighted by atomic mass is 10.1. The minimum Gasteiger partial charge on any atom is -0.375 e. The Hall–Kier alpha value is -1.99. The maximum atomic E-state index is 11.9. The van der Waals surface area contributed by atoms with Crippen molar-refractivity contribution < 1.29 is 14.5 Å². The molecular formula is C13H17N3O4. The summed E-state index contributed by atoms with van der Waals surface area (Å²) in [6.45, 7) is 3.73. The Bertz CT molecular complexity index is 512. The number of aryl methyl sites for hydroxylation is 1. The van der Waals surface area contributed by atoms with Gasteiger partial charge in [0.15, 0.2) is 0 Å². The van der Waals surface area contributed by atoms with Crippen molar-refractivity contribution in [1.29, 1.82) is 0 Å². The van der Waals surface area contributed by atoms with Crippen molar-refractivity contribution in [3.63, 3.8) is 0 Å². The predicted octanol–water partition coefficient (Wildman–Crippen LogP) is 1.22. The second-order valence-corrected chi connectivity index (χ2v) is 4.73. The number of nitro groups is 1. The summed E-state index contributed by atoms with van der Waals surface area (Å²) in [7, 11) is 0. The fourth-order valence-electron chi connectivity index (χ4n) is 2.06. The molecule has 2 N–H and O–H groups in total. The molecule has 0 spiro atoms. The quantitative estimate of drug-likeness (QED) is 0.638. The summed E-state index contributed by atoms with van der Waals surface area (Å²) in [4.78, 5) is 22.4. The molecule has 0 aromatic heterocycles. The van der Waals surface area contributed by atoms with E-state index in [1.165, 1.54) is 6.07 Å². The molecule has 1 unspecified atom stereocenters. The molecule has 0 aliphatic carbocycles. The fraction of sp³-hybridized carbons (Fsp3) is 0.462. The molecular weight excluding hydrogens is 262 g/mol. The minimum atomic E-state index is -0.499. The van der Waals surface area contributed by atoms with Crippen LogP contribution in [-0.2, 0) is 9.53 Å². The summed E-state index contributed by atoms with van der Waals surface area (Å²) < 4.78 is 5.43. The first-order chi connectivity index (χ1) is 9.56. The van der Waals surface area contributed by atoms with E-state index in [1.807, 2.05) is 0 Å². The number of amides is 1. The lowest BCUT2D eigenvalue weighted by Crippen LogP contribution is -2.40. The highest BCUT2D eigenvalue weighted by Gasteiger charge is 2.20. The largest absolute Gasteiger partial charge is 0.375 e. The zero-order chi connectivity index (χ0) is 14.5. The summed E-state index contributed by atoms with van der Waals surface area (Å²) in [5.74, 6) is -0.286. The summed E-state index contributed by atoms with van der Waals surface area (Å²) in [5, 5.41) is 16.7. The zero-order valence-corrected chi connectivity index (χ0v) is 11.2. The number of morpholine rings is 1. The van der Waals surface area contributed by atoms with Crippen molar-refractivity contribution >= 4 is 17.3 Å². The molecule has 20 heavy (non-hydrogen) atoms. The molecule has 1 atom stereocenters. The van der Waals surface area contributed by atoms with Crippen LogP contribution in [0.3, 0.4) is 0 Å². The van der Waals surface area contributed by atoms with Crippen molar-refractivity contribution in [3.8, 4) is 0 Å². The van der Waals surface area contributed by atoms with Gasteiger partial charge >= 0.3 is 0 Å². The smallest absolute Gasteiger partial charge is 0.293 e. The number of hydrogen-bond donors (Lipinski definition) is 2. The third kappa shape index (κ3) is 3.75. The van der Waals surface area contributed by atoms with Gasteiger partial charge in [-0.05, 0) is 18.6 Å². The Morgan fingerprint density at radius 1 is 1.60 bits per heavy atom. The Labute approximate surface area is 116 Å². The van der Waals surface area contributed by atoms with Crippen LogP contribution in [0.5, 0.6) is 0 Å². The second kappa shape index (κ2) is 6.44. The number of carbonyl (C=O) groups is 1. The van der Waals surface area contributed by atoms with E-state index in [2.05, 4.69) is 10.6 Å². The Morgan fingerprint density at radius 2 is 2.40 bits per heavy atom. The lowest BCUT2D eigenvalue weighted by molar-refractivity contribution is -0.384. The fourth-order valence-corrected chi connectivity index (χ4v) is 2.06. The van der Waals surface area contributed by atoms with Gasteiger partial charge in [-0.25, -0.2) is 0 Å². The van der Waals surface area contributed by atoms with E-state index in [0.717, 1.165) is 12.1 Å². The van der Waals surface area contributed by atoms with Crippen molar-refractivity contribution in [3.05, 3.63) is 33.9 Å². The van der Waals surface area contributed by atoms with Gasteiger partial charge in [-0.1, -0.05) is 6.07 Å². The SMILES string of the molecule is Cc1ccc(NC(=O)CC2CNCCO2)c([N+](=O)[O-])c1. The number of anilines is 1. The van der Waals surface area contributed by atoms with Gasteiger partial charge in [0.1, 0.15) is 5.69 Å². The van der Waals surface area contributed by atoms with Crippen LogP contribution < -0.4 is 10.6 Å². The van der Waals surface area contributed by atoms with E-state index in [9.17, 15) is 14.9 Å². The normalized spacial score (nSPS) is 18.6. The molecule has 1 aromatic carbocycles. The molecule has 1 saturated heterocycles. The van der Waals surface area contributed by atoms with Crippen LogP contribution in [0.2, 0.25) is 0 Å². The molecule has 1 aromatic rings. The number of carbonyl (C=O) groups excluding carboxylic acids is 1. The summed E-state index contributed by atoms with van der Waals surface area (Å²) >= 11 is 0. The average Bonchev–Trinajstić information content (AvgIpc) is 2.41. The van der Waals surface area contributed by atoms with Crippen LogP contribution in [0.25, 0.3) is 0 Å². The highest BCUT2D eigenvalue weighted by Crippen LogP contribution is 2.25. The summed E-state index contributed by atoms with van der Waals surface area (Å²) in [6, 6.07) is 4.71. The Kier molecular flexibility index (Phi) is 4.65. The summed E-state index contributed by atoms with van der Waals surface area (Å²) in [5.41, 5.74) is 0.893. The van der Waals surface area contributed by atoms with Crippen LogP contribution in [0.1, 0.15) is 12.0 Å². The number of benzene rings is 1. The first-order valence-corrected chi connectivity index (χ1v) is 6.43. The van der Waals surface area contributed by atoms with Gasteiger partial charge in [-0.3, -0.25) is 14.9 Å². The van der Waals surface area contributed by atoms with E-state index < -0.39 is 4.92 Å². The van der Waals surface area contributed by atoms with Gasteiger partial charge in [0, 0.05) is 19.2 Å². The monoisotopic (exact) mass is 279 g/mol. The topological polar surface area (TPSA) is 93.5 Å². The van der Waals surface area contributed by atoms with Gasteiger partial charge in [-0.15, -0.1) is 0 Å². The number of hydrogen-bond acceptors (Lipinski definition) is 5. The van der Waals surface area contributed by atoms with Gasteiger partial charge in [0.05, 0.1) is 24.1 Å². The van der Waals surface area contributed by atoms with E-state index >= 15 is 0 Å². The molecule has 2 rings (SSSR count). The van der Waals surface area contributed by atoms with E-state index in [0.29, 0.717) is 13.2 Å². The van der Waals surface area contributed by atoms with E-state index in [1.54, 1.807) is 19.1 Å². The van der Waals surface area contributed by atoms with Crippen molar-refractivity contribution in [1.82, 2.24) is 5.32 Å². The third-order valence-corrected chi connectivity index (χ3v) is 3.04. The van der Waals surface area contributed by atoms with E-state index in [4.69, 9.17) is 4.74 Å². The highest BCUT2D eigenvalue weighted by molar-refractivity contribution is 5.93. The van der Waals surface area contributed by atoms with Gasteiger partial charge in [0.25, 0.3) is 5.69 Å². The zero-order valence-electron chi connectivity index (χ0n) is 11.2. The van der Waals surface area contributed by atoms with Gasteiger partial charge < -0.3 is 15.4 Å². The average molecular weight is 279 g/mol. The number of rotatable bonds is 4. The highest BCUT2D eigenvalue weighted by atomic mass is 16.6. The van der Waals surface area contributed by atoms with Crippen LogP contribution in [0.15, 0.2) is 18.2 Å². The van der Waals surface area contributed by atoms with Crippen molar-refractivity contribution in [2.75, 3.05) is 25.0 Å². The van der Waals surface area contributed by atoms with Crippen LogP contribution in [-0.4, -0.2) is 36.6 Å². The standard InChI is InChI=1S/C13H17N3O4/c1-9-2-3-11(12(6-9)16(18)19)15-13(17)7-10-8-14-4-5-20-10/h2-3,6,10,14H,4-5,7-8H2,1H3,(H,15,17). The van der Waals surface area contributed by atoms with Gasteiger partial charge in [-0.2, -0.15) is 0 Å². The molecule has 0 saturated carbocycles. The van der Waals surface area contributed by atoms with Crippen LogP contribution in [0.4, 0.5) is 11.4 Å². The number of ether oxygens (including phenoxy) is 1. The Morgan fingerprint density at radius 3 is 3.05 bits per heavy atom. The number of nitro benzene ring substituents is 1. The number of nitrogens with one attached hydrogen (secondary N) is 2. The predicted molar refractivity (Wildman–Crippen MR) is 73.7 cm³/mol. The first kappa shape index (κ1) is 14.4. The molecule has 7 heteroatoms. The maximum Gasteiger partial charge on any atom is 0.293 e. The van der Waals surface area contributed by atoms with Crippen molar-refractivity contribution in [2.45, 2.75) is 19.4 Å². The molecule has 1 fully saturated rings. The number of nitrogens with zero attached hydrogens (tertiary/aromatic N) is 1. The minimum absolute atomic E-state index is 0.0963. The molecule has 1 heterocycles. The molecule has 1 amide bonds. The molecule has 0 radical (unpaired) electrons. The van der Waals surface area contributed by atoms with Crippen molar-refractivity contribution in [2.24, 2.45) is 0 Å². The molecule has 1 aliphatic rings. The molecule has 1 aliphatic heterocycles. The lowest BCUT2D eigenvalue weighted by Gasteiger charge is -2.23. The third-order valence-electron chi connectivity index (χ3n) is 3.04. The molecule has 108 valence electrons.